The van der Waals surface area contributed by atoms with Crippen LogP contribution in [0, 0.1) is 17.3 Å². The van der Waals surface area contributed by atoms with E-state index in [1.807, 2.05) is 6.92 Å². The minimum Gasteiger partial charge on any atom is -0.481 e. The van der Waals surface area contributed by atoms with E-state index in [4.69, 9.17) is 14.6 Å². The number of unbranched alkanes of at least 4 members (excludes halogenated alkanes) is 5. The fraction of sp³-hybridized carbons (Fsp3) is 0.909. The molecule has 2 N–H and O–H groups in total. The van der Waals surface area contributed by atoms with Crippen molar-refractivity contribution in [2.75, 3.05) is 13.2 Å². The lowest BCUT2D eigenvalue weighted by Gasteiger charge is -2.36. The zero-order chi connectivity index (χ0) is 20.6. The summed E-state index contributed by atoms with van der Waals surface area (Å²) < 4.78 is 10.8. The van der Waals surface area contributed by atoms with Crippen molar-refractivity contribution in [3.8, 4) is 0 Å². The molecule has 6 heteroatoms. The number of aliphatic carboxylic acids is 2. The summed E-state index contributed by atoms with van der Waals surface area (Å²) in [5.74, 6) is -1.49. The fourth-order valence-corrected chi connectivity index (χ4v) is 4.42. The molecule has 0 aliphatic carbocycles. The molecule has 0 aromatic heterocycles. The largest absolute Gasteiger partial charge is 0.481 e. The number of carbonyl (C=O) groups is 2. The second-order valence-electron chi connectivity index (χ2n) is 8.80. The lowest BCUT2D eigenvalue weighted by Crippen LogP contribution is -2.40. The smallest absolute Gasteiger partial charge is 0.310 e. The first-order chi connectivity index (χ1) is 13.4. The highest BCUT2D eigenvalue weighted by Crippen LogP contribution is 2.46. The Labute approximate surface area is 169 Å². The summed E-state index contributed by atoms with van der Waals surface area (Å²) in [7, 11) is 0. The molecule has 5 atom stereocenters. The van der Waals surface area contributed by atoms with Crippen molar-refractivity contribution < 1.29 is 29.3 Å². The Morgan fingerprint density at radius 2 is 1.50 bits per heavy atom. The van der Waals surface area contributed by atoms with Crippen LogP contribution in [0.25, 0.3) is 0 Å². The van der Waals surface area contributed by atoms with Gasteiger partial charge in [0.1, 0.15) is 0 Å². The summed E-state index contributed by atoms with van der Waals surface area (Å²) in [5.41, 5.74) is -0.694. The highest BCUT2D eigenvalue weighted by atomic mass is 16.6. The minimum atomic E-state index is -0.708. The van der Waals surface area contributed by atoms with Crippen molar-refractivity contribution in [2.45, 2.75) is 96.7 Å². The van der Waals surface area contributed by atoms with Crippen LogP contribution < -0.4 is 0 Å². The van der Waals surface area contributed by atoms with Crippen molar-refractivity contribution >= 4 is 11.9 Å². The van der Waals surface area contributed by atoms with Gasteiger partial charge in [-0.3, -0.25) is 9.59 Å². The van der Waals surface area contributed by atoms with E-state index in [0.717, 1.165) is 64.4 Å². The molecule has 0 saturated carbocycles. The Kier molecular flexibility index (Phi) is 9.22. The Morgan fingerprint density at radius 1 is 0.964 bits per heavy atom. The average Bonchev–Trinajstić information content (AvgIpc) is 3.56. The van der Waals surface area contributed by atoms with E-state index in [-0.39, 0.29) is 24.0 Å². The standard InChI is InChI=1S/C22H38O6/c1-3-22(21(25)26,13-19-15-28-19)17(12-18-14-27-18)11-9-7-5-4-6-8-10-16(2)20(23)24/h16-19H,3-15H2,1-2H3,(H,23,24)(H,25,26). The molecule has 162 valence electrons. The molecule has 2 fully saturated rings. The molecule has 6 nitrogen and oxygen atoms in total. The van der Waals surface area contributed by atoms with Crippen LogP contribution in [-0.4, -0.2) is 47.6 Å². The number of carboxylic acids is 2. The van der Waals surface area contributed by atoms with Crippen LogP contribution in [0.4, 0.5) is 0 Å². The Morgan fingerprint density at radius 3 is 1.96 bits per heavy atom. The Hall–Kier alpha value is -1.14. The van der Waals surface area contributed by atoms with Gasteiger partial charge in [0.15, 0.2) is 0 Å². The lowest BCUT2D eigenvalue weighted by atomic mass is 9.66. The van der Waals surface area contributed by atoms with E-state index >= 15 is 0 Å². The van der Waals surface area contributed by atoms with Gasteiger partial charge in [0.25, 0.3) is 0 Å². The molecular weight excluding hydrogens is 360 g/mol. The van der Waals surface area contributed by atoms with Gasteiger partial charge < -0.3 is 19.7 Å². The van der Waals surface area contributed by atoms with Crippen LogP contribution in [0.2, 0.25) is 0 Å². The lowest BCUT2D eigenvalue weighted by molar-refractivity contribution is -0.155. The van der Waals surface area contributed by atoms with Crippen LogP contribution in [0.15, 0.2) is 0 Å². The number of ether oxygens (including phenoxy) is 2. The zero-order valence-electron chi connectivity index (χ0n) is 17.5. The minimum absolute atomic E-state index is 0.117. The summed E-state index contributed by atoms with van der Waals surface area (Å²) in [6.45, 7) is 5.23. The van der Waals surface area contributed by atoms with E-state index in [1.54, 1.807) is 6.92 Å². The SMILES string of the molecule is CCC(CC1CO1)(C(=O)O)C(CCCCCCCCC(C)C(=O)O)CC1CO1. The van der Waals surface area contributed by atoms with Gasteiger partial charge in [-0.15, -0.1) is 0 Å². The molecule has 0 amide bonds. The van der Waals surface area contributed by atoms with Crippen LogP contribution in [0.5, 0.6) is 0 Å². The predicted octanol–water partition coefficient (Wildman–Crippen LogP) is 4.50. The number of carboxylic acid groups (broad SMARTS) is 2. The summed E-state index contributed by atoms with van der Waals surface area (Å²) in [5, 5.41) is 18.9. The molecule has 0 spiro atoms. The van der Waals surface area contributed by atoms with Crippen LogP contribution in [0.3, 0.4) is 0 Å². The topological polar surface area (TPSA) is 99.7 Å². The number of hydrogen-bond donors (Lipinski definition) is 2. The highest BCUT2D eigenvalue weighted by Gasteiger charge is 2.49. The van der Waals surface area contributed by atoms with Crippen molar-refractivity contribution in [3.05, 3.63) is 0 Å². The molecule has 0 aromatic carbocycles. The molecule has 2 rings (SSSR count). The van der Waals surface area contributed by atoms with Crippen LogP contribution in [-0.2, 0) is 19.1 Å². The molecule has 2 heterocycles. The third-order valence-corrected chi connectivity index (χ3v) is 6.64. The zero-order valence-corrected chi connectivity index (χ0v) is 17.5. The molecule has 0 radical (unpaired) electrons. The average molecular weight is 399 g/mol. The number of epoxide rings is 2. The van der Waals surface area contributed by atoms with Crippen molar-refractivity contribution in [1.29, 1.82) is 0 Å². The van der Waals surface area contributed by atoms with Crippen LogP contribution >= 0.6 is 0 Å². The van der Waals surface area contributed by atoms with E-state index in [1.165, 1.54) is 0 Å². The molecule has 28 heavy (non-hydrogen) atoms. The Bertz CT molecular complexity index is 499. The highest BCUT2D eigenvalue weighted by molar-refractivity contribution is 5.75. The monoisotopic (exact) mass is 398 g/mol. The molecule has 2 aliphatic heterocycles. The molecule has 0 bridgehead atoms. The molecule has 0 aromatic rings. The van der Waals surface area contributed by atoms with E-state index in [9.17, 15) is 14.7 Å². The Balaban J connectivity index is 1.72. The first-order valence-electron chi connectivity index (χ1n) is 11.1. The van der Waals surface area contributed by atoms with E-state index in [0.29, 0.717) is 19.4 Å². The second kappa shape index (κ2) is 11.1. The van der Waals surface area contributed by atoms with Gasteiger partial charge in [-0.2, -0.15) is 0 Å². The van der Waals surface area contributed by atoms with Gasteiger partial charge in [-0.05, 0) is 38.0 Å². The van der Waals surface area contributed by atoms with E-state index in [2.05, 4.69) is 0 Å². The molecule has 2 aliphatic rings. The predicted molar refractivity (Wildman–Crippen MR) is 106 cm³/mol. The summed E-state index contributed by atoms with van der Waals surface area (Å²) in [4.78, 5) is 23.0. The maximum Gasteiger partial charge on any atom is 0.310 e. The fourth-order valence-electron chi connectivity index (χ4n) is 4.42. The number of rotatable bonds is 17. The summed E-state index contributed by atoms with van der Waals surface area (Å²) >= 11 is 0. The first-order valence-corrected chi connectivity index (χ1v) is 11.1. The molecular formula is C22H38O6. The maximum atomic E-state index is 12.2. The van der Waals surface area contributed by atoms with Gasteiger partial charge in [0, 0.05) is 0 Å². The van der Waals surface area contributed by atoms with Gasteiger partial charge in [-0.25, -0.2) is 0 Å². The van der Waals surface area contributed by atoms with Gasteiger partial charge in [0.05, 0.1) is 36.8 Å². The summed E-state index contributed by atoms with van der Waals surface area (Å²) in [6.07, 6.45) is 10.6. The first kappa shape index (κ1) is 23.1. The second-order valence-corrected chi connectivity index (χ2v) is 8.80. The van der Waals surface area contributed by atoms with Gasteiger partial charge in [0.2, 0.25) is 0 Å². The molecule has 2 saturated heterocycles. The van der Waals surface area contributed by atoms with Crippen molar-refractivity contribution in [3.63, 3.8) is 0 Å². The van der Waals surface area contributed by atoms with Gasteiger partial charge in [-0.1, -0.05) is 52.4 Å². The summed E-state index contributed by atoms with van der Waals surface area (Å²) in [6, 6.07) is 0. The quantitative estimate of drug-likeness (QED) is 0.276. The third kappa shape index (κ3) is 7.36. The normalized spacial score (nSPS) is 24.9. The van der Waals surface area contributed by atoms with Crippen LogP contribution in [0.1, 0.15) is 84.5 Å². The van der Waals surface area contributed by atoms with Crippen molar-refractivity contribution in [1.82, 2.24) is 0 Å². The number of hydrogen-bond acceptors (Lipinski definition) is 4. The third-order valence-electron chi connectivity index (χ3n) is 6.64. The maximum absolute atomic E-state index is 12.2. The van der Waals surface area contributed by atoms with Gasteiger partial charge >= 0.3 is 11.9 Å². The molecule has 5 unspecified atom stereocenters. The van der Waals surface area contributed by atoms with Crippen molar-refractivity contribution in [2.24, 2.45) is 17.3 Å². The van der Waals surface area contributed by atoms with E-state index < -0.39 is 17.4 Å².